The van der Waals surface area contributed by atoms with Gasteiger partial charge in [-0.05, 0) is 75.5 Å². The number of carboxylic acids is 1. The van der Waals surface area contributed by atoms with Crippen molar-refractivity contribution < 1.29 is 29.0 Å². The Morgan fingerprint density at radius 1 is 1.23 bits per heavy atom. The average Bonchev–Trinajstić information content (AvgIpc) is 3.03. The molecule has 10 heteroatoms. The molecule has 1 aliphatic rings. The van der Waals surface area contributed by atoms with Crippen molar-refractivity contribution in [2.24, 2.45) is 0 Å². The molecule has 0 saturated carbocycles. The molecule has 0 aromatic heterocycles. The highest BCUT2D eigenvalue weighted by Crippen LogP contribution is 2.44. The molecule has 2 aromatic carbocycles. The van der Waals surface area contributed by atoms with E-state index < -0.39 is 23.9 Å². The van der Waals surface area contributed by atoms with Gasteiger partial charge in [-0.2, -0.15) is 0 Å². The van der Waals surface area contributed by atoms with E-state index in [1.807, 2.05) is 0 Å². The van der Waals surface area contributed by atoms with Crippen LogP contribution >= 0.6 is 31.9 Å². The molecule has 0 spiro atoms. The third-order valence-corrected chi connectivity index (χ3v) is 6.45. The zero-order valence-electron chi connectivity index (χ0n) is 16.5. The zero-order chi connectivity index (χ0) is 22.7. The van der Waals surface area contributed by atoms with Crippen molar-refractivity contribution in [1.29, 1.82) is 0 Å². The van der Waals surface area contributed by atoms with Gasteiger partial charge in [0.05, 0.1) is 16.8 Å². The number of hydrogen-bond acceptors (Lipinski definition) is 5. The van der Waals surface area contributed by atoms with Gasteiger partial charge in [-0.25, -0.2) is 9.80 Å². The summed E-state index contributed by atoms with van der Waals surface area (Å²) in [6, 6.07) is 10.3. The van der Waals surface area contributed by atoms with Crippen molar-refractivity contribution in [3.63, 3.8) is 0 Å². The summed E-state index contributed by atoms with van der Waals surface area (Å²) in [6.45, 7) is 3.46. The molecule has 0 aliphatic carbocycles. The topological polar surface area (TPSA) is 105 Å². The minimum absolute atomic E-state index is 0.0635. The molecular weight excluding hydrogens is 536 g/mol. The fourth-order valence-corrected chi connectivity index (χ4v) is 3.71. The van der Waals surface area contributed by atoms with Crippen LogP contribution in [0.2, 0.25) is 0 Å². The van der Waals surface area contributed by atoms with Crippen LogP contribution in [0.1, 0.15) is 19.4 Å². The Labute approximate surface area is 195 Å². The Bertz CT molecular complexity index is 1070. The highest BCUT2D eigenvalue weighted by molar-refractivity contribution is 9.13. The summed E-state index contributed by atoms with van der Waals surface area (Å²) in [5, 5.41) is 10.3. The molecule has 3 rings (SSSR count). The number of nitrogens with zero attached hydrogens (tertiary/aromatic N) is 1. The van der Waals surface area contributed by atoms with Crippen molar-refractivity contribution >= 4 is 61.4 Å². The lowest BCUT2D eigenvalue weighted by Gasteiger charge is -2.18. The van der Waals surface area contributed by atoms with Gasteiger partial charge in [-0.1, -0.05) is 18.2 Å². The number of para-hydroxylation sites is 1. The molecule has 1 saturated heterocycles. The van der Waals surface area contributed by atoms with Crippen LogP contribution in [0.5, 0.6) is 11.5 Å². The van der Waals surface area contributed by atoms with Gasteiger partial charge in [-0.3, -0.25) is 15.0 Å². The summed E-state index contributed by atoms with van der Waals surface area (Å²) in [5.41, 5.74) is 3.48. The van der Waals surface area contributed by atoms with Crippen molar-refractivity contribution in [3.05, 3.63) is 56.5 Å². The lowest BCUT2D eigenvalue weighted by Crippen LogP contribution is -2.35. The Morgan fingerprint density at radius 2 is 1.90 bits per heavy atom. The summed E-state index contributed by atoms with van der Waals surface area (Å²) in [5.74, 6) is -1.72. The fourth-order valence-electron chi connectivity index (χ4n) is 2.78. The van der Waals surface area contributed by atoms with Gasteiger partial charge in [0.15, 0.2) is 17.6 Å². The van der Waals surface area contributed by atoms with E-state index in [-0.39, 0.29) is 17.1 Å². The normalized spacial score (nSPS) is 15.7. The number of amides is 2. The van der Waals surface area contributed by atoms with Gasteiger partial charge >= 0.3 is 5.97 Å². The molecule has 0 radical (unpaired) electrons. The van der Waals surface area contributed by atoms with Crippen molar-refractivity contribution in [1.82, 2.24) is 5.43 Å². The molecule has 2 amide bonds. The number of carboxylic acid groups (broad SMARTS) is 1. The molecule has 8 nitrogen and oxygen atoms in total. The predicted octanol–water partition coefficient (Wildman–Crippen LogP) is 3.92. The van der Waals surface area contributed by atoms with Gasteiger partial charge in [0.1, 0.15) is 5.57 Å². The summed E-state index contributed by atoms with van der Waals surface area (Å²) >= 11 is 6.81. The van der Waals surface area contributed by atoms with E-state index in [2.05, 4.69) is 37.3 Å². The van der Waals surface area contributed by atoms with Crippen LogP contribution in [0, 0.1) is 0 Å². The highest BCUT2D eigenvalue weighted by Gasteiger charge is 2.35. The zero-order valence-corrected chi connectivity index (χ0v) is 19.7. The lowest BCUT2D eigenvalue weighted by atomic mass is 10.1. The first kappa shape index (κ1) is 22.8. The lowest BCUT2D eigenvalue weighted by molar-refractivity contribution is -0.144. The number of hydrogen-bond donors (Lipinski definition) is 2. The molecule has 31 heavy (non-hydrogen) atoms. The van der Waals surface area contributed by atoms with E-state index in [0.29, 0.717) is 26.8 Å². The van der Waals surface area contributed by atoms with Gasteiger partial charge < -0.3 is 14.6 Å². The number of hydrazine groups is 1. The number of carbonyl (C=O) groups excluding carboxylic acids is 2. The Balaban J connectivity index is 2.02. The number of anilines is 1. The number of carbonyl (C=O) groups is 3. The van der Waals surface area contributed by atoms with Gasteiger partial charge in [0.2, 0.25) is 0 Å². The van der Waals surface area contributed by atoms with Gasteiger partial charge in [0.25, 0.3) is 11.8 Å². The van der Waals surface area contributed by atoms with Crippen LogP contribution in [0.3, 0.4) is 0 Å². The molecule has 1 atom stereocenters. The minimum atomic E-state index is -1.13. The molecular formula is C21H18Br2N2O6. The Hall–Kier alpha value is -2.85. The maximum absolute atomic E-state index is 12.8. The predicted molar refractivity (Wildman–Crippen MR) is 121 cm³/mol. The second-order valence-electron chi connectivity index (χ2n) is 6.43. The molecule has 2 N–H and O–H groups in total. The van der Waals surface area contributed by atoms with Crippen LogP contribution in [0.25, 0.3) is 6.08 Å². The van der Waals surface area contributed by atoms with E-state index in [9.17, 15) is 14.4 Å². The van der Waals surface area contributed by atoms with E-state index in [1.54, 1.807) is 43.3 Å². The molecule has 2 aromatic rings. The standard InChI is InChI=1S/C21H18Br2N2O6/c1-3-30-15-10-12(16(22)17(23)18(15)31-11(2)21(28)29)9-14-19(26)24-25(20(14)27)13-7-5-4-6-8-13/h4-11H,3H2,1-2H3,(H,24,26)(H,28,29)/b14-9-/t11-/m1/s1. The number of rotatable bonds is 7. The van der Waals surface area contributed by atoms with Crippen LogP contribution in [-0.2, 0) is 14.4 Å². The quantitative estimate of drug-likeness (QED) is 0.398. The molecule has 0 unspecified atom stereocenters. The van der Waals surface area contributed by atoms with Crippen LogP contribution in [0.4, 0.5) is 5.69 Å². The van der Waals surface area contributed by atoms with Gasteiger partial charge in [-0.15, -0.1) is 0 Å². The molecule has 162 valence electrons. The highest BCUT2D eigenvalue weighted by atomic mass is 79.9. The largest absolute Gasteiger partial charge is 0.490 e. The van der Waals surface area contributed by atoms with Crippen molar-refractivity contribution in [2.75, 3.05) is 11.6 Å². The molecule has 1 fully saturated rings. The van der Waals surface area contributed by atoms with Crippen LogP contribution in [-0.4, -0.2) is 35.6 Å². The summed E-state index contributed by atoms with van der Waals surface area (Å²) < 4.78 is 12.0. The monoisotopic (exact) mass is 552 g/mol. The fraction of sp³-hybridized carbons (Fsp3) is 0.190. The second-order valence-corrected chi connectivity index (χ2v) is 8.01. The first-order valence-electron chi connectivity index (χ1n) is 9.21. The second kappa shape index (κ2) is 9.52. The number of aliphatic carboxylic acids is 1. The molecule has 1 heterocycles. The summed E-state index contributed by atoms with van der Waals surface area (Å²) in [6.07, 6.45) is 0.316. The van der Waals surface area contributed by atoms with Crippen molar-refractivity contribution in [3.8, 4) is 11.5 Å². The first-order valence-corrected chi connectivity index (χ1v) is 10.8. The van der Waals surface area contributed by atoms with E-state index in [0.717, 1.165) is 0 Å². The number of halogens is 2. The van der Waals surface area contributed by atoms with E-state index >= 15 is 0 Å². The number of nitrogens with one attached hydrogen (secondary N) is 1. The number of benzene rings is 2. The van der Waals surface area contributed by atoms with Gasteiger partial charge in [0, 0.05) is 4.47 Å². The minimum Gasteiger partial charge on any atom is -0.490 e. The number of ether oxygens (including phenoxy) is 2. The average molecular weight is 554 g/mol. The summed E-state index contributed by atoms with van der Waals surface area (Å²) in [7, 11) is 0. The molecule has 0 bridgehead atoms. The van der Waals surface area contributed by atoms with Crippen LogP contribution in [0.15, 0.2) is 50.9 Å². The van der Waals surface area contributed by atoms with E-state index in [4.69, 9.17) is 14.6 Å². The van der Waals surface area contributed by atoms with E-state index in [1.165, 1.54) is 18.0 Å². The SMILES string of the molecule is CCOc1cc(/C=C2/C(=O)NN(c3ccccc3)C2=O)c(Br)c(Br)c1O[C@H](C)C(=O)O. The smallest absolute Gasteiger partial charge is 0.344 e. The van der Waals surface area contributed by atoms with Crippen molar-refractivity contribution in [2.45, 2.75) is 20.0 Å². The van der Waals surface area contributed by atoms with Crippen LogP contribution < -0.4 is 19.9 Å². The Kier molecular flexibility index (Phi) is 7.01. The Morgan fingerprint density at radius 3 is 2.52 bits per heavy atom. The summed E-state index contributed by atoms with van der Waals surface area (Å²) in [4.78, 5) is 36.5. The first-order chi connectivity index (χ1) is 14.7. The third kappa shape index (κ3) is 4.75. The third-order valence-electron chi connectivity index (χ3n) is 4.30. The maximum atomic E-state index is 12.8. The molecule has 1 aliphatic heterocycles. The maximum Gasteiger partial charge on any atom is 0.344 e.